The maximum Gasteiger partial charge on any atom is 0.260 e. The van der Waals surface area contributed by atoms with Gasteiger partial charge in [-0.25, -0.2) is 13.6 Å². The van der Waals surface area contributed by atoms with Crippen molar-refractivity contribution < 1.29 is 17.9 Å². The molecule has 1 aliphatic rings. The van der Waals surface area contributed by atoms with Crippen molar-refractivity contribution in [2.24, 2.45) is 5.14 Å². The predicted molar refractivity (Wildman–Crippen MR) is 79.1 cm³/mol. The topological polar surface area (TPSA) is 89.7 Å². The molecule has 9 heteroatoms. The van der Waals surface area contributed by atoms with Gasteiger partial charge in [-0.05, 0) is 25.0 Å². The molecule has 1 fully saturated rings. The average Bonchev–Trinajstić information content (AvgIpc) is 3.19. The number of sulfonamides is 1. The highest BCUT2D eigenvalue weighted by atomic mass is 35.5. The number of carbonyl (C=O) groups excluding carboxylic acids is 1. The molecule has 1 aromatic rings. The molecule has 0 atom stereocenters. The molecule has 116 valence electrons. The van der Waals surface area contributed by atoms with Crippen LogP contribution >= 0.6 is 23.2 Å². The molecule has 0 saturated heterocycles. The molecule has 0 spiro atoms. The molecule has 2 N–H and O–H groups in total. The Morgan fingerprint density at radius 3 is 2.33 bits per heavy atom. The summed E-state index contributed by atoms with van der Waals surface area (Å²) in [5.41, 5.74) is 0. The van der Waals surface area contributed by atoms with E-state index in [1.807, 2.05) is 0 Å². The van der Waals surface area contributed by atoms with Gasteiger partial charge in [0.05, 0.1) is 14.9 Å². The molecule has 21 heavy (non-hydrogen) atoms. The number of amides is 1. The van der Waals surface area contributed by atoms with E-state index in [0.29, 0.717) is 0 Å². The number of nitrogens with zero attached hydrogens (tertiary/aromatic N) is 1. The van der Waals surface area contributed by atoms with Crippen LogP contribution in [0.5, 0.6) is 5.75 Å². The predicted octanol–water partition coefficient (Wildman–Crippen LogP) is 1.64. The molecule has 0 bridgehead atoms. The van der Waals surface area contributed by atoms with Gasteiger partial charge in [0.2, 0.25) is 10.0 Å². The number of carbonyl (C=O) groups is 1. The van der Waals surface area contributed by atoms with Crippen molar-refractivity contribution in [2.75, 3.05) is 13.7 Å². The molecule has 6 nitrogen and oxygen atoms in total. The van der Waals surface area contributed by atoms with E-state index in [1.165, 1.54) is 0 Å². The van der Waals surface area contributed by atoms with E-state index in [4.69, 9.17) is 33.1 Å². The summed E-state index contributed by atoms with van der Waals surface area (Å²) >= 11 is 11.8. The molecule has 1 saturated carbocycles. The first-order valence-corrected chi connectivity index (χ1v) is 8.40. The van der Waals surface area contributed by atoms with Gasteiger partial charge in [-0.2, -0.15) is 0 Å². The van der Waals surface area contributed by atoms with Gasteiger partial charge in [0.15, 0.2) is 12.4 Å². The van der Waals surface area contributed by atoms with Crippen molar-refractivity contribution in [1.82, 2.24) is 4.90 Å². The molecule has 0 heterocycles. The Morgan fingerprint density at radius 1 is 1.38 bits per heavy atom. The van der Waals surface area contributed by atoms with Crippen LogP contribution in [0, 0.1) is 0 Å². The fourth-order valence-electron chi connectivity index (χ4n) is 1.74. The van der Waals surface area contributed by atoms with Gasteiger partial charge in [-0.3, -0.25) is 4.79 Å². The standard InChI is InChI=1S/C12H14Cl2N2O4S/c1-16(7-2-3-7)11(17)6-20-12-9(13)4-8(5-10(12)14)21(15,18)19/h4-5,7H,2-3,6H2,1H3,(H2,15,18,19). The lowest BCUT2D eigenvalue weighted by atomic mass is 10.3. The number of rotatable bonds is 5. The summed E-state index contributed by atoms with van der Waals surface area (Å²) in [5, 5.41) is 4.96. The Bertz CT molecular complexity index is 651. The Balaban J connectivity index is 2.11. The number of benzene rings is 1. The third-order valence-electron chi connectivity index (χ3n) is 3.13. The SMILES string of the molecule is CN(C(=O)COc1c(Cl)cc(S(N)(=O)=O)cc1Cl)C1CC1. The first kappa shape index (κ1) is 16.4. The third-order valence-corrected chi connectivity index (χ3v) is 4.58. The minimum Gasteiger partial charge on any atom is -0.481 e. The lowest BCUT2D eigenvalue weighted by molar-refractivity contribution is -0.132. The van der Waals surface area contributed by atoms with Gasteiger partial charge < -0.3 is 9.64 Å². The van der Waals surface area contributed by atoms with Crippen LogP contribution in [0.2, 0.25) is 10.0 Å². The normalized spacial score (nSPS) is 14.9. The number of hydrogen-bond acceptors (Lipinski definition) is 4. The average molecular weight is 353 g/mol. The fraction of sp³-hybridized carbons (Fsp3) is 0.417. The third kappa shape index (κ3) is 4.00. The molecule has 1 aromatic carbocycles. The second kappa shape index (κ2) is 6.00. The molecule has 2 rings (SSSR count). The van der Waals surface area contributed by atoms with E-state index >= 15 is 0 Å². The van der Waals surface area contributed by atoms with Crippen molar-refractivity contribution in [3.63, 3.8) is 0 Å². The zero-order chi connectivity index (χ0) is 15.8. The number of primary sulfonamides is 1. The summed E-state index contributed by atoms with van der Waals surface area (Å²) < 4.78 is 27.8. The van der Waals surface area contributed by atoms with Crippen LogP contribution in [0.25, 0.3) is 0 Å². The van der Waals surface area contributed by atoms with E-state index < -0.39 is 10.0 Å². The van der Waals surface area contributed by atoms with Crippen molar-refractivity contribution in [3.8, 4) is 5.75 Å². The molecular weight excluding hydrogens is 339 g/mol. The van der Waals surface area contributed by atoms with Crippen molar-refractivity contribution in [3.05, 3.63) is 22.2 Å². The maximum absolute atomic E-state index is 11.8. The van der Waals surface area contributed by atoms with Crippen molar-refractivity contribution in [2.45, 2.75) is 23.8 Å². The Kier molecular flexibility index (Phi) is 4.67. The van der Waals surface area contributed by atoms with E-state index in [-0.39, 0.29) is 39.2 Å². The van der Waals surface area contributed by atoms with Crippen LogP contribution in [-0.4, -0.2) is 38.9 Å². The lowest BCUT2D eigenvalue weighted by Gasteiger charge is -2.17. The second-order valence-electron chi connectivity index (χ2n) is 4.79. The van der Waals surface area contributed by atoms with Crippen LogP contribution < -0.4 is 9.88 Å². The smallest absolute Gasteiger partial charge is 0.260 e. The van der Waals surface area contributed by atoms with Gasteiger partial charge in [0.25, 0.3) is 5.91 Å². The van der Waals surface area contributed by atoms with Crippen LogP contribution in [0.15, 0.2) is 17.0 Å². The van der Waals surface area contributed by atoms with E-state index in [9.17, 15) is 13.2 Å². The zero-order valence-corrected chi connectivity index (χ0v) is 13.5. The number of likely N-dealkylation sites (N-methyl/N-ethyl adjacent to an activating group) is 1. The lowest BCUT2D eigenvalue weighted by Crippen LogP contribution is -2.33. The fourth-order valence-corrected chi connectivity index (χ4v) is 3.03. The molecular formula is C12H14Cl2N2O4S. The Hall–Kier alpha value is -1.02. The maximum atomic E-state index is 11.8. The van der Waals surface area contributed by atoms with Crippen LogP contribution in [0.4, 0.5) is 0 Å². The Labute approximate surface area is 132 Å². The van der Waals surface area contributed by atoms with Gasteiger partial charge in [0.1, 0.15) is 0 Å². The highest BCUT2D eigenvalue weighted by molar-refractivity contribution is 7.89. The highest BCUT2D eigenvalue weighted by Gasteiger charge is 2.29. The summed E-state index contributed by atoms with van der Waals surface area (Å²) in [6, 6.07) is 2.54. The quantitative estimate of drug-likeness (QED) is 0.871. The Morgan fingerprint density at radius 2 is 1.90 bits per heavy atom. The van der Waals surface area contributed by atoms with E-state index in [2.05, 4.69) is 0 Å². The van der Waals surface area contributed by atoms with Crippen LogP contribution in [0.1, 0.15) is 12.8 Å². The van der Waals surface area contributed by atoms with E-state index in [1.54, 1.807) is 11.9 Å². The number of nitrogens with two attached hydrogens (primary N) is 1. The van der Waals surface area contributed by atoms with E-state index in [0.717, 1.165) is 25.0 Å². The number of halogens is 2. The van der Waals surface area contributed by atoms with Crippen LogP contribution in [-0.2, 0) is 14.8 Å². The second-order valence-corrected chi connectivity index (χ2v) is 7.16. The van der Waals surface area contributed by atoms with Gasteiger partial charge in [-0.1, -0.05) is 23.2 Å². The summed E-state index contributed by atoms with van der Waals surface area (Å²) in [7, 11) is -2.21. The molecule has 1 amide bonds. The van der Waals surface area contributed by atoms with Gasteiger partial charge in [-0.15, -0.1) is 0 Å². The summed E-state index contributed by atoms with van der Waals surface area (Å²) in [4.78, 5) is 13.2. The molecule has 0 aliphatic heterocycles. The molecule has 0 aromatic heterocycles. The number of hydrogen-bond donors (Lipinski definition) is 1. The van der Waals surface area contributed by atoms with Gasteiger partial charge >= 0.3 is 0 Å². The summed E-state index contributed by atoms with van der Waals surface area (Å²) in [6.45, 7) is -0.221. The van der Waals surface area contributed by atoms with Crippen molar-refractivity contribution >= 4 is 39.1 Å². The first-order chi connectivity index (χ1) is 9.70. The van der Waals surface area contributed by atoms with Crippen molar-refractivity contribution in [1.29, 1.82) is 0 Å². The minimum absolute atomic E-state index is 0.0200. The first-order valence-electron chi connectivity index (χ1n) is 6.10. The zero-order valence-electron chi connectivity index (χ0n) is 11.2. The molecule has 0 unspecified atom stereocenters. The monoisotopic (exact) mass is 352 g/mol. The number of ether oxygens (including phenoxy) is 1. The summed E-state index contributed by atoms with van der Waals surface area (Å²) in [5.74, 6) is -0.136. The largest absolute Gasteiger partial charge is 0.481 e. The summed E-state index contributed by atoms with van der Waals surface area (Å²) in [6.07, 6.45) is 1.99. The minimum atomic E-state index is -3.91. The van der Waals surface area contributed by atoms with Crippen LogP contribution in [0.3, 0.4) is 0 Å². The van der Waals surface area contributed by atoms with Gasteiger partial charge in [0, 0.05) is 13.1 Å². The highest BCUT2D eigenvalue weighted by Crippen LogP contribution is 2.35. The molecule has 1 aliphatic carbocycles. The molecule has 0 radical (unpaired) electrons.